The van der Waals surface area contributed by atoms with Crippen LogP contribution >= 0.6 is 0 Å². The number of benzene rings is 1. The number of halogens is 2. The van der Waals surface area contributed by atoms with Crippen molar-refractivity contribution < 1.29 is 13.6 Å². The van der Waals surface area contributed by atoms with Gasteiger partial charge in [-0.3, -0.25) is 9.48 Å². The first-order valence-corrected chi connectivity index (χ1v) is 9.71. The van der Waals surface area contributed by atoms with E-state index in [2.05, 4.69) is 20.4 Å². The molecule has 0 saturated heterocycles. The molecule has 3 N–H and O–H groups in total. The van der Waals surface area contributed by atoms with Crippen molar-refractivity contribution in [3.05, 3.63) is 66.1 Å². The molecule has 9 heteroatoms. The molecule has 5 rings (SSSR count). The third kappa shape index (κ3) is 3.48. The number of nitrogen functional groups attached to an aromatic ring is 1. The number of carbonyl (C=O) groups excluding carboxylic acids is 1. The number of fused-ring (bicyclic) bond motifs is 1. The van der Waals surface area contributed by atoms with Gasteiger partial charge < -0.3 is 11.1 Å². The number of nitrogens with one attached hydrogen (secondary N) is 1. The Hall–Kier alpha value is -3.88. The summed E-state index contributed by atoms with van der Waals surface area (Å²) in [6.45, 7) is 0. The van der Waals surface area contributed by atoms with Crippen LogP contribution in [-0.4, -0.2) is 25.7 Å². The van der Waals surface area contributed by atoms with Gasteiger partial charge in [0.2, 0.25) is 5.91 Å². The molecule has 0 spiro atoms. The van der Waals surface area contributed by atoms with Crippen LogP contribution in [0.25, 0.3) is 22.0 Å². The monoisotopic (exact) mass is 420 g/mol. The molecule has 0 bridgehead atoms. The standard InChI is InChI=1S/C22H18F2N6O/c1-30-10-12(8-27-30)13-7-14(13)22(31)29-19-6-11-5-18(28-21(25)15(11)9-26-19)20-16(23)3-2-4-17(20)24/h2-6,8-10,13-14H,7H2,1H3,(H2,25,28)(H,26,29,31)/t13-,14+/m1/s1. The molecule has 31 heavy (non-hydrogen) atoms. The van der Waals surface area contributed by atoms with Gasteiger partial charge in [0.25, 0.3) is 0 Å². The summed E-state index contributed by atoms with van der Waals surface area (Å²) in [7, 11) is 1.84. The van der Waals surface area contributed by atoms with Gasteiger partial charge in [0.1, 0.15) is 23.3 Å². The maximum atomic E-state index is 14.2. The number of rotatable bonds is 4. The van der Waals surface area contributed by atoms with Crippen LogP contribution < -0.4 is 11.1 Å². The van der Waals surface area contributed by atoms with Gasteiger partial charge in [0, 0.05) is 30.7 Å². The van der Waals surface area contributed by atoms with Crippen LogP contribution in [0.2, 0.25) is 0 Å². The molecule has 156 valence electrons. The molecule has 1 aliphatic carbocycles. The molecule has 2 atom stereocenters. The number of aryl methyl sites for hydroxylation is 1. The van der Waals surface area contributed by atoms with Gasteiger partial charge in [0.05, 0.1) is 17.5 Å². The Bertz CT molecular complexity index is 1310. The topological polar surface area (TPSA) is 98.7 Å². The molecule has 1 saturated carbocycles. The first-order valence-electron chi connectivity index (χ1n) is 9.71. The van der Waals surface area contributed by atoms with E-state index in [0.29, 0.717) is 16.6 Å². The quantitative estimate of drug-likeness (QED) is 0.525. The zero-order chi connectivity index (χ0) is 21.7. The Balaban J connectivity index is 1.42. The minimum absolute atomic E-state index is 0.0721. The molecule has 1 aromatic carbocycles. The molecule has 0 aliphatic heterocycles. The number of hydrogen-bond donors (Lipinski definition) is 2. The highest BCUT2D eigenvalue weighted by molar-refractivity contribution is 5.98. The number of anilines is 2. The fourth-order valence-corrected chi connectivity index (χ4v) is 3.82. The number of hydrogen-bond acceptors (Lipinski definition) is 5. The summed E-state index contributed by atoms with van der Waals surface area (Å²) in [6.07, 6.45) is 5.91. The fourth-order valence-electron chi connectivity index (χ4n) is 3.82. The highest BCUT2D eigenvalue weighted by Gasteiger charge is 2.44. The normalized spacial score (nSPS) is 17.6. The minimum Gasteiger partial charge on any atom is -0.383 e. The summed E-state index contributed by atoms with van der Waals surface area (Å²) in [5.41, 5.74) is 6.85. The number of aromatic nitrogens is 4. The van der Waals surface area contributed by atoms with E-state index in [9.17, 15) is 13.6 Å². The van der Waals surface area contributed by atoms with E-state index in [1.165, 1.54) is 18.3 Å². The zero-order valence-electron chi connectivity index (χ0n) is 16.5. The van der Waals surface area contributed by atoms with Gasteiger partial charge in [-0.05, 0) is 47.6 Å². The van der Waals surface area contributed by atoms with Crippen LogP contribution in [0, 0.1) is 17.6 Å². The second-order valence-corrected chi connectivity index (χ2v) is 7.67. The molecule has 3 aromatic heterocycles. The number of amides is 1. The molecular formula is C22H18F2N6O. The van der Waals surface area contributed by atoms with Crippen LogP contribution in [0.3, 0.4) is 0 Å². The molecule has 3 heterocycles. The summed E-state index contributed by atoms with van der Waals surface area (Å²) in [5, 5.41) is 8.05. The molecule has 4 aromatic rings. The van der Waals surface area contributed by atoms with E-state index in [4.69, 9.17) is 5.73 Å². The highest BCUT2D eigenvalue weighted by atomic mass is 19.1. The molecule has 1 amide bonds. The SMILES string of the molecule is Cn1cc([C@H]2C[C@@H]2C(=O)Nc2cc3cc(-c4c(F)cccc4F)nc(N)c3cn2)cn1. The predicted molar refractivity (Wildman–Crippen MR) is 112 cm³/mol. The second kappa shape index (κ2) is 7.12. The number of carbonyl (C=O) groups is 1. The minimum atomic E-state index is -0.732. The maximum Gasteiger partial charge on any atom is 0.229 e. The van der Waals surface area contributed by atoms with Crippen molar-refractivity contribution in [1.29, 1.82) is 0 Å². The van der Waals surface area contributed by atoms with Crippen LogP contribution in [0.15, 0.2) is 48.9 Å². The Morgan fingerprint density at radius 3 is 2.71 bits per heavy atom. The molecule has 1 aliphatic rings. The molecular weight excluding hydrogens is 402 g/mol. The van der Waals surface area contributed by atoms with Crippen molar-refractivity contribution in [2.75, 3.05) is 11.1 Å². The number of pyridine rings is 2. The van der Waals surface area contributed by atoms with Gasteiger partial charge in [-0.1, -0.05) is 6.07 Å². The van der Waals surface area contributed by atoms with Gasteiger partial charge in [-0.25, -0.2) is 18.7 Å². The summed E-state index contributed by atoms with van der Waals surface area (Å²) >= 11 is 0. The lowest BCUT2D eigenvalue weighted by Crippen LogP contribution is -2.15. The molecule has 0 radical (unpaired) electrons. The largest absolute Gasteiger partial charge is 0.383 e. The van der Waals surface area contributed by atoms with Gasteiger partial charge in [-0.15, -0.1) is 0 Å². The summed E-state index contributed by atoms with van der Waals surface area (Å²) in [4.78, 5) is 21.0. The van der Waals surface area contributed by atoms with Gasteiger partial charge >= 0.3 is 0 Å². The van der Waals surface area contributed by atoms with Gasteiger partial charge in [0.15, 0.2) is 0 Å². The van der Waals surface area contributed by atoms with Crippen molar-refractivity contribution >= 4 is 28.3 Å². The lowest BCUT2D eigenvalue weighted by molar-refractivity contribution is -0.117. The lowest BCUT2D eigenvalue weighted by Gasteiger charge is -2.10. The van der Waals surface area contributed by atoms with Crippen LogP contribution in [0.1, 0.15) is 17.9 Å². The maximum absolute atomic E-state index is 14.2. The Morgan fingerprint density at radius 1 is 1.23 bits per heavy atom. The molecule has 0 unspecified atom stereocenters. The first kappa shape index (κ1) is 19.1. The summed E-state index contributed by atoms with van der Waals surface area (Å²) in [6, 6.07) is 6.75. The van der Waals surface area contributed by atoms with E-state index in [1.807, 2.05) is 13.2 Å². The van der Waals surface area contributed by atoms with Gasteiger partial charge in [-0.2, -0.15) is 5.10 Å². The first-order chi connectivity index (χ1) is 14.9. The van der Waals surface area contributed by atoms with Crippen LogP contribution in [-0.2, 0) is 11.8 Å². The average Bonchev–Trinajstić information content (AvgIpc) is 3.41. The predicted octanol–water partition coefficient (Wildman–Crippen LogP) is 3.63. The van der Waals surface area contributed by atoms with E-state index in [0.717, 1.165) is 24.1 Å². The van der Waals surface area contributed by atoms with Crippen molar-refractivity contribution in [3.8, 4) is 11.3 Å². The second-order valence-electron chi connectivity index (χ2n) is 7.67. The summed E-state index contributed by atoms with van der Waals surface area (Å²) in [5.74, 6) is -1.17. The van der Waals surface area contributed by atoms with Crippen molar-refractivity contribution in [1.82, 2.24) is 19.7 Å². The van der Waals surface area contributed by atoms with Crippen LogP contribution in [0.4, 0.5) is 20.4 Å². The van der Waals surface area contributed by atoms with E-state index < -0.39 is 11.6 Å². The van der Waals surface area contributed by atoms with Crippen LogP contribution in [0.5, 0.6) is 0 Å². The van der Waals surface area contributed by atoms with E-state index in [1.54, 1.807) is 16.9 Å². The van der Waals surface area contributed by atoms with E-state index in [-0.39, 0.29) is 34.8 Å². The van der Waals surface area contributed by atoms with E-state index >= 15 is 0 Å². The van der Waals surface area contributed by atoms with Crippen molar-refractivity contribution in [2.45, 2.75) is 12.3 Å². The molecule has 7 nitrogen and oxygen atoms in total. The zero-order valence-corrected chi connectivity index (χ0v) is 16.5. The lowest BCUT2D eigenvalue weighted by atomic mass is 10.1. The third-order valence-electron chi connectivity index (χ3n) is 5.50. The number of nitrogens with zero attached hydrogens (tertiary/aromatic N) is 4. The van der Waals surface area contributed by atoms with Crippen molar-refractivity contribution in [3.63, 3.8) is 0 Å². The average molecular weight is 420 g/mol. The highest BCUT2D eigenvalue weighted by Crippen LogP contribution is 2.47. The fraction of sp³-hybridized carbons (Fsp3) is 0.182. The Morgan fingerprint density at radius 2 is 2.00 bits per heavy atom. The third-order valence-corrected chi connectivity index (χ3v) is 5.50. The summed E-state index contributed by atoms with van der Waals surface area (Å²) < 4.78 is 30.1. The Kier molecular flexibility index (Phi) is 4.39. The Labute approximate surface area is 175 Å². The number of nitrogens with two attached hydrogens (primary N) is 1. The molecule has 1 fully saturated rings. The smallest absolute Gasteiger partial charge is 0.229 e. The van der Waals surface area contributed by atoms with Crippen molar-refractivity contribution in [2.24, 2.45) is 13.0 Å².